The zero-order valence-electron chi connectivity index (χ0n) is 15.8. The van der Waals surface area contributed by atoms with Crippen LogP contribution in [0.4, 0.5) is 5.69 Å². The molecule has 0 spiro atoms. The zero-order chi connectivity index (χ0) is 18.4. The fourth-order valence-corrected chi connectivity index (χ4v) is 3.41. The molecule has 0 aliphatic heterocycles. The summed E-state index contributed by atoms with van der Waals surface area (Å²) >= 11 is 0. The Morgan fingerprint density at radius 1 is 1.23 bits per heavy atom. The van der Waals surface area contributed by atoms with Gasteiger partial charge in [0.1, 0.15) is 6.04 Å². The third-order valence-corrected chi connectivity index (χ3v) is 4.99. The van der Waals surface area contributed by atoms with Crippen LogP contribution in [0.5, 0.6) is 0 Å². The molecule has 26 heavy (non-hydrogen) atoms. The molecule has 3 rings (SSSR count). The monoisotopic (exact) mass is 352 g/mol. The first-order valence-corrected chi connectivity index (χ1v) is 9.56. The van der Waals surface area contributed by atoms with E-state index in [1.54, 1.807) is 0 Å². The molecule has 4 heteroatoms. The van der Waals surface area contributed by atoms with Crippen LogP contribution >= 0.6 is 0 Å². The van der Waals surface area contributed by atoms with Crippen LogP contribution in [0.3, 0.4) is 0 Å². The van der Waals surface area contributed by atoms with Crippen molar-refractivity contribution in [1.82, 2.24) is 0 Å². The molecular formula is C22H28N2O2. The Kier molecular flexibility index (Phi) is 6.40. The summed E-state index contributed by atoms with van der Waals surface area (Å²) in [4.78, 5) is 13.2. The van der Waals surface area contributed by atoms with Crippen molar-refractivity contribution in [2.24, 2.45) is 5.18 Å². The van der Waals surface area contributed by atoms with Crippen LogP contribution in [0, 0.1) is 4.91 Å². The van der Waals surface area contributed by atoms with Crippen LogP contribution in [0.2, 0.25) is 0 Å². The number of benzene rings is 2. The lowest BCUT2D eigenvalue weighted by Crippen LogP contribution is -2.31. The Hall–Kier alpha value is -2.20. The zero-order valence-corrected chi connectivity index (χ0v) is 15.8. The molecule has 4 nitrogen and oxygen atoms in total. The van der Waals surface area contributed by atoms with E-state index in [2.05, 4.69) is 59.5 Å². The lowest BCUT2D eigenvalue weighted by atomic mass is 9.94. The number of nitroso groups, excluding NO2 is 1. The number of hydrogen-bond acceptors (Lipinski definition) is 4. The molecule has 1 aliphatic carbocycles. The van der Waals surface area contributed by atoms with Crippen molar-refractivity contribution in [3.8, 4) is 0 Å². The first-order chi connectivity index (χ1) is 12.7. The topological polar surface area (TPSA) is 41.9 Å². The van der Waals surface area contributed by atoms with Crippen molar-refractivity contribution < 1.29 is 4.74 Å². The highest BCUT2D eigenvalue weighted by molar-refractivity contribution is 5.89. The molecule has 2 aromatic carbocycles. The molecule has 0 saturated heterocycles. The lowest BCUT2D eigenvalue weighted by molar-refractivity contribution is 0.119. The second kappa shape index (κ2) is 8.95. The summed E-state index contributed by atoms with van der Waals surface area (Å²) in [7, 11) is 2.00. The van der Waals surface area contributed by atoms with Gasteiger partial charge in [-0.1, -0.05) is 42.8 Å². The van der Waals surface area contributed by atoms with Crippen molar-refractivity contribution in [3.63, 3.8) is 0 Å². The fourth-order valence-electron chi connectivity index (χ4n) is 3.41. The normalized spacial score (nSPS) is 14.2. The van der Waals surface area contributed by atoms with Crippen molar-refractivity contribution in [3.05, 3.63) is 52.4 Å². The predicted molar refractivity (Wildman–Crippen MR) is 110 cm³/mol. The van der Waals surface area contributed by atoms with Gasteiger partial charge in [0.05, 0.1) is 6.61 Å². The van der Waals surface area contributed by atoms with Crippen LogP contribution in [0.25, 0.3) is 16.8 Å². The van der Waals surface area contributed by atoms with Gasteiger partial charge >= 0.3 is 0 Å². The first-order valence-electron chi connectivity index (χ1n) is 9.56. The minimum absolute atomic E-state index is 0.348. The molecule has 1 atom stereocenters. The number of anilines is 1. The molecule has 0 fully saturated rings. The van der Waals surface area contributed by atoms with Crippen molar-refractivity contribution in [2.45, 2.75) is 38.6 Å². The van der Waals surface area contributed by atoms with Crippen LogP contribution in [0.15, 0.2) is 41.6 Å². The molecule has 0 amide bonds. The average Bonchev–Trinajstić information content (AvgIpc) is 2.68. The third-order valence-electron chi connectivity index (χ3n) is 4.99. The van der Waals surface area contributed by atoms with Gasteiger partial charge in [0, 0.05) is 25.9 Å². The molecule has 0 bridgehead atoms. The maximum atomic E-state index is 11.1. The Bertz CT molecular complexity index is 785. The van der Waals surface area contributed by atoms with E-state index in [0.29, 0.717) is 19.8 Å². The second-order valence-electron chi connectivity index (χ2n) is 7.09. The van der Waals surface area contributed by atoms with Crippen LogP contribution < -0.4 is 4.90 Å². The van der Waals surface area contributed by atoms with Crippen LogP contribution in [0.1, 0.15) is 37.3 Å². The minimum atomic E-state index is -0.348. The van der Waals surface area contributed by atoms with Crippen molar-refractivity contribution in [1.29, 1.82) is 0 Å². The second-order valence-corrected chi connectivity index (χ2v) is 7.09. The van der Waals surface area contributed by atoms with Gasteiger partial charge in [0.2, 0.25) is 0 Å². The minimum Gasteiger partial charge on any atom is -0.379 e. The van der Waals surface area contributed by atoms with Crippen molar-refractivity contribution >= 4 is 22.5 Å². The molecule has 0 aromatic heterocycles. The number of unbranched alkanes of at least 4 members (excludes halogenated alkanes) is 1. The van der Waals surface area contributed by atoms with Crippen LogP contribution in [-0.4, -0.2) is 32.8 Å². The molecular weight excluding hydrogens is 324 g/mol. The van der Waals surface area contributed by atoms with Gasteiger partial charge in [-0.05, 0) is 59.4 Å². The maximum Gasteiger partial charge on any atom is 0.133 e. The predicted octanol–water partition coefficient (Wildman–Crippen LogP) is 5.19. The van der Waals surface area contributed by atoms with Gasteiger partial charge < -0.3 is 9.64 Å². The van der Waals surface area contributed by atoms with Gasteiger partial charge in [-0.2, -0.15) is 4.91 Å². The quantitative estimate of drug-likeness (QED) is 0.461. The van der Waals surface area contributed by atoms with Gasteiger partial charge in [-0.25, -0.2) is 0 Å². The van der Waals surface area contributed by atoms with E-state index in [1.165, 1.54) is 21.9 Å². The number of fused-ring (bicyclic) bond motifs is 2. The summed E-state index contributed by atoms with van der Waals surface area (Å²) in [5.41, 5.74) is 3.84. The van der Waals surface area contributed by atoms with Gasteiger partial charge in [0.25, 0.3) is 0 Å². The fraction of sp³-hybridized carbons (Fsp3) is 0.455. The Balaban J connectivity index is 1.70. The number of allylic oxidation sites excluding steroid dienone is 1. The standard InChI is InChI=1S/C22H28N2O2/c1-3-4-11-26-16-21(23-25)15-24(2)22-10-9-19-12-17-7-5-6-8-18(17)13-20(19)14-22/h6,8-10,12-14,21H,3-5,7,11,15-16H2,1-2H3. The summed E-state index contributed by atoms with van der Waals surface area (Å²) in [6.07, 6.45) is 8.81. The van der Waals surface area contributed by atoms with E-state index in [4.69, 9.17) is 4.74 Å². The molecule has 2 aromatic rings. The molecule has 0 heterocycles. The highest BCUT2D eigenvalue weighted by atomic mass is 16.5. The highest BCUT2D eigenvalue weighted by Gasteiger charge is 2.14. The van der Waals surface area contributed by atoms with Gasteiger partial charge in [-0.15, -0.1) is 0 Å². The number of aryl methyl sites for hydroxylation is 1. The maximum absolute atomic E-state index is 11.1. The summed E-state index contributed by atoms with van der Waals surface area (Å²) in [5.74, 6) is 0. The number of nitrogens with zero attached hydrogens (tertiary/aromatic N) is 2. The van der Waals surface area contributed by atoms with E-state index in [9.17, 15) is 4.91 Å². The SMILES string of the molecule is CCCCOCC(CN(C)c1ccc2cc3c(cc2c1)C=CCC3)N=O. The highest BCUT2D eigenvalue weighted by Crippen LogP contribution is 2.28. The molecule has 0 N–H and O–H groups in total. The molecule has 138 valence electrons. The number of ether oxygens (including phenoxy) is 1. The third kappa shape index (κ3) is 4.50. The molecule has 0 saturated carbocycles. The summed E-state index contributed by atoms with van der Waals surface area (Å²) in [5, 5.41) is 5.74. The van der Waals surface area contributed by atoms with E-state index in [-0.39, 0.29) is 6.04 Å². The Labute approximate surface area is 155 Å². The van der Waals surface area contributed by atoms with E-state index in [0.717, 1.165) is 31.4 Å². The first kappa shape index (κ1) is 18.6. The smallest absolute Gasteiger partial charge is 0.133 e. The number of hydrogen-bond donors (Lipinski definition) is 0. The molecule has 0 radical (unpaired) electrons. The molecule has 1 aliphatic rings. The van der Waals surface area contributed by atoms with Gasteiger partial charge in [0.15, 0.2) is 0 Å². The Morgan fingerprint density at radius 2 is 2.12 bits per heavy atom. The van der Waals surface area contributed by atoms with E-state index in [1.807, 2.05) is 7.05 Å². The average molecular weight is 352 g/mol. The lowest BCUT2D eigenvalue weighted by Gasteiger charge is -2.23. The summed E-state index contributed by atoms with van der Waals surface area (Å²) in [6, 6.07) is 10.7. The van der Waals surface area contributed by atoms with E-state index < -0.39 is 0 Å². The van der Waals surface area contributed by atoms with E-state index >= 15 is 0 Å². The summed E-state index contributed by atoms with van der Waals surface area (Å²) < 4.78 is 5.57. The van der Waals surface area contributed by atoms with Crippen molar-refractivity contribution in [2.75, 3.05) is 31.7 Å². The Morgan fingerprint density at radius 3 is 2.92 bits per heavy atom. The van der Waals surface area contributed by atoms with Gasteiger partial charge in [-0.3, -0.25) is 0 Å². The largest absolute Gasteiger partial charge is 0.379 e. The molecule has 1 unspecified atom stereocenters. The van der Waals surface area contributed by atoms with Crippen LogP contribution in [-0.2, 0) is 11.2 Å². The summed E-state index contributed by atoms with van der Waals surface area (Å²) in [6.45, 7) is 3.77. The number of rotatable bonds is 9. The number of likely N-dealkylation sites (N-methyl/N-ethyl adjacent to an activating group) is 1.